The van der Waals surface area contributed by atoms with E-state index in [-0.39, 0.29) is 6.61 Å². The standard InChI is InChI=1S/C12H14N2O/c15-8-7-14-12-4-2-1-3-11(12)10-5-6-13-9-10/h1-6,9,13-15H,7-8H2. The van der Waals surface area contributed by atoms with Crippen LogP contribution < -0.4 is 5.32 Å². The van der Waals surface area contributed by atoms with E-state index in [2.05, 4.69) is 16.4 Å². The van der Waals surface area contributed by atoms with Crippen LogP contribution in [0.1, 0.15) is 0 Å². The lowest BCUT2D eigenvalue weighted by atomic mass is 10.1. The number of nitrogens with one attached hydrogen (secondary N) is 2. The lowest BCUT2D eigenvalue weighted by Crippen LogP contribution is -2.06. The van der Waals surface area contributed by atoms with Crippen LogP contribution in [0.3, 0.4) is 0 Å². The summed E-state index contributed by atoms with van der Waals surface area (Å²) in [6.45, 7) is 0.711. The molecule has 1 heterocycles. The Kier molecular flexibility index (Phi) is 3.05. The molecule has 1 aromatic heterocycles. The average Bonchev–Trinajstić information content (AvgIpc) is 2.80. The first kappa shape index (κ1) is 9.80. The van der Waals surface area contributed by atoms with Crippen LogP contribution in [0.15, 0.2) is 42.7 Å². The number of aliphatic hydroxyl groups excluding tert-OH is 1. The van der Waals surface area contributed by atoms with Crippen molar-refractivity contribution in [2.24, 2.45) is 0 Å². The maximum atomic E-state index is 8.78. The molecule has 0 aliphatic heterocycles. The van der Waals surface area contributed by atoms with Crippen LogP contribution in [0.4, 0.5) is 5.69 Å². The molecule has 78 valence electrons. The number of rotatable bonds is 4. The van der Waals surface area contributed by atoms with Crippen molar-refractivity contribution in [1.82, 2.24) is 4.98 Å². The number of anilines is 1. The van der Waals surface area contributed by atoms with Gasteiger partial charge < -0.3 is 15.4 Å². The number of benzene rings is 1. The molecule has 0 spiro atoms. The molecular weight excluding hydrogens is 188 g/mol. The number of H-pyrrole nitrogens is 1. The second kappa shape index (κ2) is 4.66. The Bertz CT molecular complexity index is 409. The summed E-state index contributed by atoms with van der Waals surface area (Å²) in [5, 5.41) is 12.0. The fourth-order valence-corrected chi connectivity index (χ4v) is 1.57. The van der Waals surface area contributed by atoms with E-state index < -0.39 is 0 Å². The second-order valence-electron chi connectivity index (χ2n) is 3.30. The van der Waals surface area contributed by atoms with Crippen molar-refractivity contribution >= 4 is 5.69 Å². The van der Waals surface area contributed by atoms with Crippen LogP contribution in [-0.4, -0.2) is 23.2 Å². The summed E-state index contributed by atoms with van der Waals surface area (Å²) in [5.41, 5.74) is 3.34. The van der Waals surface area contributed by atoms with Crippen molar-refractivity contribution in [3.05, 3.63) is 42.7 Å². The molecule has 1 aromatic carbocycles. The lowest BCUT2D eigenvalue weighted by Gasteiger charge is -2.09. The van der Waals surface area contributed by atoms with Gasteiger partial charge in [0.05, 0.1) is 6.61 Å². The van der Waals surface area contributed by atoms with Gasteiger partial charge in [0.1, 0.15) is 0 Å². The number of aromatic nitrogens is 1. The molecule has 2 aromatic rings. The molecule has 0 aliphatic rings. The van der Waals surface area contributed by atoms with Gasteiger partial charge in [0, 0.05) is 35.8 Å². The van der Waals surface area contributed by atoms with Crippen LogP contribution in [0.5, 0.6) is 0 Å². The molecule has 0 fully saturated rings. The number of para-hydroxylation sites is 1. The largest absolute Gasteiger partial charge is 0.395 e. The Balaban J connectivity index is 2.30. The van der Waals surface area contributed by atoms with Crippen LogP contribution in [-0.2, 0) is 0 Å². The molecule has 3 N–H and O–H groups in total. The van der Waals surface area contributed by atoms with Crippen molar-refractivity contribution in [2.75, 3.05) is 18.5 Å². The molecule has 0 amide bonds. The van der Waals surface area contributed by atoms with E-state index in [0.717, 1.165) is 16.8 Å². The van der Waals surface area contributed by atoms with Gasteiger partial charge >= 0.3 is 0 Å². The first-order valence-corrected chi connectivity index (χ1v) is 4.99. The van der Waals surface area contributed by atoms with Crippen molar-refractivity contribution in [2.45, 2.75) is 0 Å². The zero-order valence-electron chi connectivity index (χ0n) is 8.40. The lowest BCUT2D eigenvalue weighted by molar-refractivity contribution is 0.311. The van der Waals surface area contributed by atoms with Gasteiger partial charge in [-0.3, -0.25) is 0 Å². The molecule has 0 saturated carbocycles. The van der Waals surface area contributed by atoms with Gasteiger partial charge in [-0.25, -0.2) is 0 Å². The van der Waals surface area contributed by atoms with Gasteiger partial charge in [0.15, 0.2) is 0 Å². The van der Waals surface area contributed by atoms with Crippen LogP contribution in [0.2, 0.25) is 0 Å². The first-order valence-electron chi connectivity index (χ1n) is 4.99. The quantitative estimate of drug-likeness (QED) is 0.711. The van der Waals surface area contributed by atoms with E-state index in [1.807, 2.05) is 36.7 Å². The fourth-order valence-electron chi connectivity index (χ4n) is 1.57. The van der Waals surface area contributed by atoms with E-state index in [9.17, 15) is 0 Å². The maximum Gasteiger partial charge on any atom is 0.0604 e. The van der Waals surface area contributed by atoms with Gasteiger partial charge in [-0.05, 0) is 12.1 Å². The third-order valence-electron chi connectivity index (χ3n) is 2.26. The normalized spacial score (nSPS) is 10.2. The van der Waals surface area contributed by atoms with E-state index in [1.165, 1.54) is 0 Å². The fraction of sp³-hybridized carbons (Fsp3) is 0.167. The molecule has 0 unspecified atom stereocenters. The molecule has 2 rings (SSSR count). The predicted octanol–water partition coefficient (Wildman–Crippen LogP) is 2.09. The molecular formula is C12H14N2O. The minimum Gasteiger partial charge on any atom is -0.395 e. The second-order valence-corrected chi connectivity index (χ2v) is 3.30. The summed E-state index contributed by atoms with van der Waals surface area (Å²) in [6, 6.07) is 10.1. The van der Waals surface area contributed by atoms with E-state index in [1.54, 1.807) is 0 Å². The number of aromatic amines is 1. The summed E-state index contributed by atoms with van der Waals surface area (Å²) in [5.74, 6) is 0. The van der Waals surface area contributed by atoms with E-state index in [4.69, 9.17) is 5.11 Å². The number of hydrogen-bond acceptors (Lipinski definition) is 2. The Morgan fingerprint density at radius 3 is 2.80 bits per heavy atom. The van der Waals surface area contributed by atoms with Crippen LogP contribution >= 0.6 is 0 Å². The zero-order valence-corrected chi connectivity index (χ0v) is 8.40. The molecule has 3 heteroatoms. The summed E-state index contributed by atoms with van der Waals surface area (Å²) < 4.78 is 0. The SMILES string of the molecule is OCCNc1ccccc1-c1cc[nH]c1. The molecule has 0 saturated heterocycles. The molecule has 15 heavy (non-hydrogen) atoms. The summed E-state index contributed by atoms with van der Waals surface area (Å²) in [7, 11) is 0. The molecule has 0 bridgehead atoms. The molecule has 0 radical (unpaired) electrons. The van der Waals surface area contributed by atoms with Crippen LogP contribution in [0, 0.1) is 0 Å². The Morgan fingerprint density at radius 1 is 1.20 bits per heavy atom. The monoisotopic (exact) mass is 202 g/mol. The average molecular weight is 202 g/mol. The third-order valence-corrected chi connectivity index (χ3v) is 2.26. The highest BCUT2D eigenvalue weighted by Crippen LogP contribution is 2.26. The number of hydrogen-bond donors (Lipinski definition) is 3. The third kappa shape index (κ3) is 2.19. The highest BCUT2D eigenvalue weighted by molar-refractivity contribution is 5.77. The molecule has 3 nitrogen and oxygen atoms in total. The van der Waals surface area contributed by atoms with Gasteiger partial charge in [-0.15, -0.1) is 0 Å². The minimum atomic E-state index is 0.140. The predicted molar refractivity (Wildman–Crippen MR) is 61.8 cm³/mol. The van der Waals surface area contributed by atoms with Crippen molar-refractivity contribution in [3.8, 4) is 11.1 Å². The van der Waals surface area contributed by atoms with Crippen LogP contribution in [0.25, 0.3) is 11.1 Å². The topological polar surface area (TPSA) is 48.0 Å². The Hall–Kier alpha value is -1.74. The Labute approximate surface area is 88.8 Å². The van der Waals surface area contributed by atoms with Crippen molar-refractivity contribution in [3.63, 3.8) is 0 Å². The molecule has 0 aliphatic carbocycles. The highest BCUT2D eigenvalue weighted by Gasteiger charge is 2.03. The van der Waals surface area contributed by atoms with Crippen molar-refractivity contribution < 1.29 is 5.11 Å². The minimum absolute atomic E-state index is 0.140. The summed E-state index contributed by atoms with van der Waals surface area (Å²) in [4.78, 5) is 3.03. The maximum absolute atomic E-state index is 8.78. The molecule has 0 atom stereocenters. The van der Waals surface area contributed by atoms with Gasteiger partial charge in [-0.1, -0.05) is 18.2 Å². The smallest absolute Gasteiger partial charge is 0.0604 e. The van der Waals surface area contributed by atoms with Gasteiger partial charge in [0.25, 0.3) is 0 Å². The first-order chi connectivity index (χ1) is 7.42. The zero-order chi connectivity index (χ0) is 10.5. The van der Waals surface area contributed by atoms with Gasteiger partial charge in [-0.2, -0.15) is 0 Å². The summed E-state index contributed by atoms with van der Waals surface area (Å²) >= 11 is 0. The van der Waals surface area contributed by atoms with Crippen molar-refractivity contribution in [1.29, 1.82) is 0 Å². The highest BCUT2D eigenvalue weighted by atomic mass is 16.3. The number of aliphatic hydroxyl groups is 1. The summed E-state index contributed by atoms with van der Waals surface area (Å²) in [6.07, 6.45) is 3.86. The van der Waals surface area contributed by atoms with E-state index >= 15 is 0 Å². The van der Waals surface area contributed by atoms with E-state index in [0.29, 0.717) is 6.54 Å². The Morgan fingerprint density at radius 2 is 2.07 bits per heavy atom. The van der Waals surface area contributed by atoms with Gasteiger partial charge in [0.2, 0.25) is 0 Å².